The zero-order valence-corrected chi connectivity index (χ0v) is 12.2. The first-order valence-electron chi connectivity index (χ1n) is 6.51. The Morgan fingerprint density at radius 2 is 2.00 bits per heavy atom. The van der Waals surface area contributed by atoms with Gasteiger partial charge in [-0.15, -0.1) is 0 Å². The van der Waals surface area contributed by atoms with Crippen LogP contribution in [0.3, 0.4) is 0 Å². The first-order valence-corrected chi connectivity index (χ1v) is 6.51. The Kier molecular flexibility index (Phi) is 4.79. The van der Waals surface area contributed by atoms with Crippen LogP contribution in [0.2, 0.25) is 0 Å². The number of piperidine rings is 1. The number of primary amides is 1. The highest BCUT2D eigenvalue weighted by Crippen LogP contribution is 2.25. The van der Waals surface area contributed by atoms with Crippen molar-refractivity contribution in [3.05, 3.63) is 0 Å². The molecule has 0 aromatic heterocycles. The number of ether oxygens (including phenoxy) is 2. The van der Waals surface area contributed by atoms with Gasteiger partial charge in [-0.25, -0.2) is 4.79 Å². The van der Waals surface area contributed by atoms with Crippen molar-refractivity contribution in [3.8, 4) is 0 Å². The minimum Gasteiger partial charge on any atom is -0.444 e. The average molecular weight is 272 g/mol. The minimum atomic E-state index is -0.538. The highest BCUT2D eigenvalue weighted by atomic mass is 16.6. The largest absolute Gasteiger partial charge is 0.444 e. The Morgan fingerprint density at radius 1 is 1.37 bits per heavy atom. The van der Waals surface area contributed by atoms with Gasteiger partial charge in [0.25, 0.3) is 0 Å². The monoisotopic (exact) mass is 272 g/mol. The molecule has 2 amide bonds. The lowest BCUT2D eigenvalue weighted by molar-refractivity contribution is -0.133. The molecule has 1 heterocycles. The van der Waals surface area contributed by atoms with E-state index in [-0.39, 0.29) is 12.7 Å². The molecule has 0 saturated carbocycles. The fourth-order valence-electron chi connectivity index (χ4n) is 2.05. The van der Waals surface area contributed by atoms with E-state index in [1.165, 1.54) is 0 Å². The normalized spacial score (nSPS) is 24.1. The van der Waals surface area contributed by atoms with E-state index >= 15 is 0 Å². The van der Waals surface area contributed by atoms with Crippen molar-refractivity contribution in [2.45, 2.75) is 51.7 Å². The van der Waals surface area contributed by atoms with E-state index in [4.69, 9.17) is 15.2 Å². The number of carbonyl (C=O) groups is 2. The standard InChI is InChI=1S/C13H24N2O4/c1-12(2,3)19-11(17)15-7-5-6-13(4,9-15)18-8-10(14)16/h5-9H2,1-4H3,(H2,14,16). The van der Waals surface area contributed by atoms with Gasteiger partial charge in [0, 0.05) is 6.54 Å². The molecular weight excluding hydrogens is 248 g/mol. The summed E-state index contributed by atoms with van der Waals surface area (Å²) in [4.78, 5) is 24.4. The van der Waals surface area contributed by atoms with Crippen LogP contribution < -0.4 is 5.73 Å². The summed E-state index contributed by atoms with van der Waals surface area (Å²) in [6.45, 7) is 8.30. The topological polar surface area (TPSA) is 81.9 Å². The van der Waals surface area contributed by atoms with Crippen molar-refractivity contribution in [1.29, 1.82) is 0 Å². The third kappa shape index (κ3) is 5.46. The first-order chi connectivity index (χ1) is 8.61. The zero-order valence-electron chi connectivity index (χ0n) is 12.2. The van der Waals surface area contributed by atoms with Gasteiger partial charge in [-0.2, -0.15) is 0 Å². The SMILES string of the molecule is CC(C)(C)OC(=O)N1CCCC(C)(OCC(N)=O)C1. The second-order valence-corrected chi connectivity index (χ2v) is 6.21. The number of hydrogen-bond donors (Lipinski definition) is 1. The van der Waals surface area contributed by atoms with Gasteiger partial charge in [0.15, 0.2) is 0 Å². The number of nitrogens with zero attached hydrogens (tertiary/aromatic N) is 1. The first kappa shape index (κ1) is 15.8. The number of carbonyl (C=O) groups excluding carboxylic acids is 2. The van der Waals surface area contributed by atoms with E-state index in [0.29, 0.717) is 13.1 Å². The molecule has 0 spiro atoms. The van der Waals surface area contributed by atoms with E-state index in [1.54, 1.807) is 4.90 Å². The Bertz CT molecular complexity index is 351. The van der Waals surface area contributed by atoms with Gasteiger partial charge in [0.2, 0.25) is 5.91 Å². The molecule has 110 valence electrons. The lowest BCUT2D eigenvalue weighted by Crippen LogP contribution is -2.52. The molecule has 1 unspecified atom stereocenters. The maximum absolute atomic E-state index is 12.0. The number of amides is 2. The van der Waals surface area contributed by atoms with E-state index in [1.807, 2.05) is 27.7 Å². The third-order valence-electron chi connectivity index (χ3n) is 2.87. The lowest BCUT2D eigenvalue weighted by atomic mass is 9.95. The van der Waals surface area contributed by atoms with Gasteiger partial charge >= 0.3 is 6.09 Å². The molecule has 1 rings (SSSR count). The van der Waals surface area contributed by atoms with Crippen molar-refractivity contribution in [3.63, 3.8) is 0 Å². The number of likely N-dealkylation sites (tertiary alicyclic amines) is 1. The molecule has 0 aromatic carbocycles. The van der Waals surface area contributed by atoms with Gasteiger partial charge < -0.3 is 20.1 Å². The Morgan fingerprint density at radius 3 is 2.53 bits per heavy atom. The maximum atomic E-state index is 12.0. The van der Waals surface area contributed by atoms with Gasteiger partial charge in [-0.1, -0.05) is 0 Å². The van der Waals surface area contributed by atoms with Crippen LogP contribution in [-0.2, 0) is 14.3 Å². The summed E-state index contributed by atoms with van der Waals surface area (Å²) in [7, 11) is 0. The number of hydrogen-bond acceptors (Lipinski definition) is 4. The molecule has 0 radical (unpaired) electrons. The molecule has 1 saturated heterocycles. The van der Waals surface area contributed by atoms with Crippen LogP contribution in [0.1, 0.15) is 40.5 Å². The summed E-state index contributed by atoms with van der Waals surface area (Å²) in [6.07, 6.45) is 1.26. The molecule has 6 nitrogen and oxygen atoms in total. The Labute approximate surface area is 114 Å². The van der Waals surface area contributed by atoms with Crippen LogP contribution in [0.15, 0.2) is 0 Å². The fraction of sp³-hybridized carbons (Fsp3) is 0.846. The number of nitrogens with two attached hydrogens (primary N) is 1. The molecule has 0 bridgehead atoms. The summed E-state index contributed by atoms with van der Waals surface area (Å²) in [6, 6.07) is 0. The van der Waals surface area contributed by atoms with Crippen LogP contribution in [0.25, 0.3) is 0 Å². The lowest BCUT2D eigenvalue weighted by Gasteiger charge is -2.40. The van der Waals surface area contributed by atoms with Crippen molar-refractivity contribution < 1.29 is 19.1 Å². The second-order valence-electron chi connectivity index (χ2n) is 6.21. The summed E-state index contributed by atoms with van der Waals surface area (Å²) in [5.74, 6) is -0.504. The zero-order chi connectivity index (χ0) is 14.7. The highest BCUT2D eigenvalue weighted by Gasteiger charge is 2.36. The quantitative estimate of drug-likeness (QED) is 0.839. The van der Waals surface area contributed by atoms with Crippen molar-refractivity contribution in [2.24, 2.45) is 5.73 Å². The number of rotatable bonds is 3. The van der Waals surface area contributed by atoms with Crippen LogP contribution in [0, 0.1) is 0 Å². The predicted octanol–water partition coefficient (Wildman–Crippen LogP) is 1.28. The molecule has 0 aromatic rings. The molecule has 6 heteroatoms. The highest BCUT2D eigenvalue weighted by molar-refractivity contribution is 5.75. The van der Waals surface area contributed by atoms with Crippen molar-refractivity contribution in [2.75, 3.05) is 19.7 Å². The van der Waals surface area contributed by atoms with E-state index < -0.39 is 17.1 Å². The van der Waals surface area contributed by atoms with Crippen molar-refractivity contribution in [1.82, 2.24) is 4.90 Å². The van der Waals surface area contributed by atoms with Gasteiger partial charge in [0.05, 0.1) is 12.1 Å². The van der Waals surface area contributed by atoms with Gasteiger partial charge in [-0.05, 0) is 40.5 Å². The predicted molar refractivity (Wildman–Crippen MR) is 70.6 cm³/mol. The third-order valence-corrected chi connectivity index (χ3v) is 2.87. The molecule has 2 N–H and O–H groups in total. The second kappa shape index (κ2) is 5.77. The minimum absolute atomic E-state index is 0.126. The molecule has 0 aliphatic carbocycles. The Hall–Kier alpha value is -1.30. The summed E-state index contributed by atoms with van der Waals surface area (Å²) >= 11 is 0. The fourth-order valence-corrected chi connectivity index (χ4v) is 2.05. The summed E-state index contributed by atoms with van der Waals surface area (Å²) in [5, 5.41) is 0. The van der Waals surface area contributed by atoms with Crippen LogP contribution in [0.5, 0.6) is 0 Å². The summed E-state index contributed by atoms with van der Waals surface area (Å²) < 4.78 is 10.9. The van der Waals surface area contributed by atoms with Crippen molar-refractivity contribution >= 4 is 12.0 Å². The van der Waals surface area contributed by atoms with E-state index in [9.17, 15) is 9.59 Å². The summed E-state index contributed by atoms with van der Waals surface area (Å²) in [5.41, 5.74) is 4.02. The molecule has 1 atom stereocenters. The smallest absolute Gasteiger partial charge is 0.410 e. The molecule has 1 aliphatic rings. The van der Waals surface area contributed by atoms with E-state index in [2.05, 4.69) is 0 Å². The average Bonchev–Trinajstić information content (AvgIpc) is 2.24. The van der Waals surface area contributed by atoms with Crippen LogP contribution in [-0.4, -0.2) is 47.8 Å². The molecule has 1 aliphatic heterocycles. The van der Waals surface area contributed by atoms with Crippen LogP contribution >= 0.6 is 0 Å². The van der Waals surface area contributed by atoms with E-state index in [0.717, 1.165) is 12.8 Å². The van der Waals surface area contributed by atoms with Gasteiger partial charge in [-0.3, -0.25) is 4.79 Å². The molecular formula is C13H24N2O4. The molecule has 1 fully saturated rings. The van der Waals surface area contributed by atoms with Gasteiger partial charge in [0.1, 0.15) is 12.2 Å². The van der Waals surface area contributed by atoms with Crippen LogP contribution in [0.4, 0.5) is 4.79 Å². The Balaban J connectivity index is 2.58. The maximum Gasteiger partial charge on any atom is 0.410 e. The molecule has 19 heavy (non-hydrogen) atoms.